The summed E-state index contributed by atoms with van der Waals surface area (Å²) in [6.45, 7) is 7.58. The van der Waals surface area contributed by atoms with E-state index in [1.807, 2.05) is 0 Å². The molecule has 0 aromatic heterocycles. The van der Waals surface area contributed by atoms with E-state index < -0.39 is 0 Å². The summed E-state index contributed by atoms with van der Waals surface area (Å²) in [5.41, 5.74) is 2.73. The first kappa shape index (κ1) is 10.9. The van der Waals surface area contributed by atoms with Gasteiger partial charge in [-0.1, -0.05) is 0 Å². The maximum atomic E-state index is 5.27. The van der Waals surface area contributed by atoms with Crippen LogP contribution in [0.5, 0.6) is 0 Å². The molecule has 0 heterocycles. The van der Waals surface area contributed by atoms with Gasteiger partial charge >= 0.3 is 0 Å². The normalized spacial score (nSPS) is 14.5. The number of hydrogen-bond donors (Lipinski definition) is 2. The van der Waals surface area contributed by atoms with Crippen molar-refractivity contribution in [3.63, 3.8) is 0 Å². The lowest BCUT2D eigenvalue weighted by Gasteiger charge is -2.22. The Hall–Kier alpha value is -0.120. The molecule has 0 radical (unpaired) electrons. The van der Waals surface area contributed by atoms with Crippen LogP contribution in [0.4, 0.5) is 0 Å². The molecule has 0 saturated heterocycles. The predicted molar refractivity (Wildman–Crippen MR) is 49.2 cm³/mol. The van der Waals surface area contributed by atoms with E-state index in [1.54, 1.807) is 0 Å². The molecule has 0 rings (SSSR count). The van der Waals surface area contributed by atoms with E-state index >= 15 is 0 Å². The van der Waals surface area contributed by atoms with Crippen molar-refractivity contribution in [2.24, 2.45) is 5.84 Å². The van der Waals surface area contributed by atoms with E-state index in [9.17, 15) is 0 Å². The van der Waals surface area contributed by atoms with Crippen LogP contribution in [-0.2, 0) is 0 Å². The third kappa shape index (κ3) is 5.18. The summed E-state index contributed by atoms with van der Waals surface area (Å²) in [4.78, 5) is 2.31. The average molecular weight is 159 g/mol. The third-order valence-corrected chi connectivity index (χ3v) is 2.08. The number of hydrogen-bond acceptors (Lipinski definition) is 3. The smallest absolute Gasteiger partial charge is 0.0194 e. The summed E-state index contributed by atoms with van der Waals surface area (Å²) in [6.07, 6.45) is 1.10. The third-order valence-electron chi connectivity index (χ3n) is 2.08. The lowest BCUT2D eigenvalue weighted by molar-refractivity contribution is 0.259. The van der Waals surface area contributed by atoms with Crippen LogP contribution in [0, 0.1) is 0 Å². The summed E-state index contributed by atoms with van der Waals surface area (Å²) < 4.78 is 0. The minimum Gasteiger partial charge on any atom is -0.304 e. The first-order valence-corrected chi connectivity index (χ1v) is 4.24. The summed E-state index contributed by atoms with van der Waals surface area (Å²) in [7, 11) is 2.13. The van der Waals surface area contributed by atoms with Crippen molar-refractivity contribution in [2.75, 3.05) is 13.6 Å². The highest BCUT2D eigenvalue weighted by molar-refractivity contribution is 4.62. The number of nitrogens with one attached hydrogen (secondary N) is 1. The first-order valence-electron chi connectivity index (χ1n) is 4.24. The van der Waals surface area contributed by atoms with Crippen LogP contribution in [0.2, 0.25) is 0 Å². The fourth-order valence-corrected chi connectivity index (χ4v) is 0.739. The van der Waals surface area contributed by atoms with Gasteiger partial charge in [-0.05, 0) is 40.8 Å². The number of nitrogens with two attached hydrogens (primary N) is 1. The van der Waals surface area contributed by atoms with E-state index in [0.717, 1.165) is 13.0 Å². The quantitative estimate of drug-likeness (QED) is 0.455. The van der Waals surface area contributed by atoms with Gasteiger partial charge in [0.05, 0.1) is 0 Å². The second kappa shape index (κ2) is 5.52. The largest absolute Gasteiger partial charge is 0.304 e. The van der Waals surface area contributed by atoms with E-state index in [0.29, 0.717) is 12.1 Å². The van der Waals surface area contributed by atoms with Crippen LogP contribution in [0.1, 0.15) is 27.2 Å². The second-order valence-corrected chi connectivity index (χ2v) is 3.43. The Morgan fingerprint density at radius 3 is 2.27 bits per heavy atom. The molecule has 0 bridgehead atoms. The Balaban J connectivity index is 3.37. The van der Waals surface area contributed by atoms with Gasteiger partial charge in [-0.25, -0.2) is 0 Å². The van der Waals surface area contributed by atoms with Gasteiger partial charge in [0.2, 0.25) is 0 Å². The Kier molecular flexibility index (Phi) is 5.46. The first-order chi connectivity index (χ1) is 5.07. The molecular weight excluding hydrogens is 138 g/mol. The zero-order chi connectivity index (χ0) is 8.85. The molecule has 0 spiro atoms. The van der Waals surface area contributed by atoms with Gasteiger partial charge in [-0.2, -0.15) is 0 Å². The van der Waals surface area contributed by atoms with E-state index in [2.05, 4.69) is 38.1 Å². The van der Waals surface area contributed by atoms with Crippen molar-refractivity contribution in [2.45, 2.75) is 39.3 Å². The minimum atomic E-state index is 0.413. The lowest BCUT2D eigenvalue weighted by Crippen LogP contribution is -2.36. The molecule has 3 heteroatoms. The topological polar surface area (TPSA) is 41.3 Å². The zero-order valence-electron chi connectivity index (χ0n) is 8.09. The van der Waals surface area contributed by atoms with Crippen molar-refractivity contribution < 1.29 is 0 Å². The molecule has 0 saturated carbocycles. The molecule has 68 valence electrons. The molecule has 0 aliphatic rings. The maximum Gasteiger partial charge on any atom is 0.0194 e. The SMILES string of the molecule is CC(C)N(C)CC[C@@H](C)NN. The van der Waals surface area contributed by atoms with Gasteiger partial charge in [-0.3, -0.25) is 11.3 Å². The number of nitrogens with zero attached hydrogens (tertiary/aromatic N) is 1. The lowest BCUT2D eigenvalue weighted by atomic mass is 10.2. The highest BCUT2D eigenvalue weighted by Crippen LogP contribution is 1.97. The fourth-order valence-electron chi connectivity index (χ4n) is 0.739. The van der Waals surface area contributed by atoms with Crippen LogP contribution in [0.15, 0.2) is 0 Å². The van der Waals surface area contributed by atoms with Crippen LogP contribution < -0.4 is 11.3 Å². The van der Waals surface area contributed by atoms with Gasteiger partial charge in [0.25, 0.3) is 0 Å². The van der Waals surface area contributed by atoms with Gasteiger partial charge in [-0.15, -0.1) is 0 Å². The monoisotopic (exact) mass is 159 g/mol. The second-order valence-electron chi connectivity index (χ2n) is 3.43. The molecule has 0 aromatic carbocycles. The number of hydrazine groups is 1. The molecule has 0 aliphatic carbocycles. The van der Waals surface area contributed by atoms with Gasteiger partial charge < -0.3 is 4.90 Å². The standard InChI is InChI=1S/C8H21N3/c1-7(2)11(4)6-5-8(3)10-9/h7-8,10H,5-6,9H2,1-4H3/t8-/m1/s1. The van der Waals surface area contributed by atoms with Crippen LogP contribution >= 0.6 is 0 Å². The summed E-state index contributed by atoms with van der Waals surface area (Å²) in [5.74, 6) is 5.27. The highest BCUT2D eigenvalue weighted by Gasteiger charge is 2.04. The van der Waals surface area contributed by atoms with Crippen molar-refractivity contribution >= 4 is 0 Å². The Labute approximate surface area is 69.9 Å². The van der Waals surface area contributed by atoms with Crippen LogP contribution in [-0.4, -0.2) is 30.6 Å². The zero-order valence-corrected chi connectivity index (χ0v) is 8.09. The fraction of sp³-hybridized carbons (Fsp3) is 1.00. The van der Waals surface area contributed by atoms with Crippen molar-refractivity contribution in [3.05, 3.63) is 0 Å². The molecule has 3 N–H and O–H groups in total. The molecule has 0 amide bonds. The van der Waals surface area contributed by atoms with Gasteiger partial charge in [0.1, 0.15) is 0 Å². The van der Waals surface area contributed by atoms with Crippen molar-refractivity contribution in [1.82, 2.24) is 10.3 Å². The molecular formula is C8H21N3. The molecule has 0 fully saturated rings. The predicted octanol–water partition coefficient (Wildman–Crippen LogP) is 0.569. The van der Waals surface area contributed by atoms with E-state index in [-0.39, 0.29) is 0 Å². The van der Waals surface area contributed by atoms with E-state index in [1.165, 1.54) is 0 Å². The Morgan fingerprint density at radius 2 is 1.91 bits per heavy atom. The average Bonchev–Trinajstić information content (AvgIpc) is 1.99. The minimum absolute atomic E-state index is 0.413. The number of rotatable bonds is 5. The Morgan fingerprint density at radius 1 is 1.36 bits per heavy atom. The summed E-state index contributed by atoms with van der Waals surface area (Å²) in [6, 6.07) is 1.04. The Bertz CT molecular complexity index is 93.3. The molecule has 1 atom stereocenters. The molecule has 3 nitrogen and oxygen atoms in total. The van der Waals surface area contributed by atoms with Crippen LogP contribution in [0.3, 0.4) is 0 Å². The molecule has 11 heavy (non-hydrogen) atoms. The van der Waals surface area contributed by atoms with E-state index in [4.69, 9.17) is 5.84 Å². The van der Waals surface area contributed by atoms with Crippen molar-refractivity contribution in [1.29, 1.82) is 0 Å². The molecule has 0 aromatic rings. The maximum absolute atomic E-state index is 5.27. The molecule has 0 aliphatic heterocycles. The van der Waals surface area contributed by atoms with Gasteiger partial charge in [0, 0.05) is 12.1 Å². The highest BCUT2D eigenvalue weighted by atomic mass is 15.2. The summed E-state index contributed by atoms with van der Waals surface area (Å²) in [5, 5.41) is 0. The summed E-state index contributed by atoms with van der Waals surface area (Å²) >= 11 is 0. The van der Waals surface area contributed by atoms with Crippen LogP contribution in [0.25, 0.3) is 0 Å². The van der Waals surface area contributed by atoms with Crippen molar-refractivity contribution in [3.8, 4) is 0 Å². The molecule has 0 unspecified atom stereocenters. The van der Waals surface area contributed by atoms with Gasteiger partial charge in [0.15, 0.2) is 0 Å².